The van der Waals surface area contributed by atoms with Gasteiger partial charge in [0.05, 0.1) is 18.7 Å². The number of amides is 2. The maximum absolute atomic E-state index is 14.9. The van der Waals surface area contributed by atoms with Crippen molar-refractivity contribution < 1.29 is 22.9 Å². The molecule has 190 valence electrons. The average Bonchev–Trinajstić information content (AvgIpc) is 3.47. The van der Waals surface area contributed by atoms with Gasteiger partial charge in [-0.2, -0.15) is 0 Å². The van der Waals surface area contributed by atoms with Gasteiger partial charge < -0.3 is 20.5 Å². The Balaban J connectivity index is 1.34. The minimum absolute atomic E-state index is 0.0279. The normalized spacial score (nSPS) is 24.0. The Labute approximate surface area is 204 Å². The molecule has 5 N–H and O–H groups in total. The number of hydrogen-bond acceptors (Lipinski definition) is 7. The lowest BCUT2D eigenvalue weighted by molar-refractivity contribution is -0.0590. The van der Waals surface area contributed by atoms with Crippen molar-refractivity contribution in [3.05, 3.63) is 39.2 Å². The van der Waals surface area contributed by atoms with Gasteiger partial charge in [0.2, 0.25) is 5.90 Å². The smallest absolute Gasteiger partial charge is 0.354 e. The van der Waals surface area contributed by atoms with Gasteiger partial charge in [-0.15, -0.1) is 4.36 Å². The second-order valence-electron chi connectivity index (χ2n) is 9.35. The predicted molar refractivity (Wildman–Crippen MR) is 131 cm³/mol. The number of aliphatic imine (C=N–C) groups is 1. The van der Waals surface area contributed by atoms with Crippen LogP contribution in [0.1, 0.15) is 35.1 Å². The van der Waals surface area contributed by atoms with Crippen LogP contribution in [0.3, 0.4) is 0 Å². The van der Waals surface area contributed by atoms with Gasteiger partial charge in [0.15, 0.2) is 9.92 Å². The van der Waals surface area contributed by atoms with Crippen LogP contribution in [0.2, 0.25) is 0 Å². The molecule has 0 spiro atoms. The van der Waals surface area contributed by atoms with Gasteiger partial charge in [0, 0.05) is 32.1 Å². The summed E-state index contributed by atoms with van der Waals surface area (Å²) >= 11 is 0. The number of carbonyl (C=O) groups excluding carboxylic acids is 1. The van der Waals surface area contributed by atoms with Crippen molar-refractivity contribution in [2.45, 2.75) is 50.7 Å². The molecule has 0 aromatic heterocycles. The first kappa shape index (κ1) is 24.2. The van der Waals surface area contributed by atoms with Crippen molar-refractivity contribution in [1.82, 2.24) is 4.90 Å². The topological polar surface area (TPSA) is 145 Å². The van der Waals surface area contributed by atoms with Gasteiger partial charge in [-0.1, -0.05) is 0 Å². The molecule has 1 aromatic rings. The maximum Gasteiger partial charge on any atom is 0.354 e. The predicted octanol–water partition coefficient (Wildman–Crippen LogP) is 1.60. The number of hydrogen-bond donors (Lipinski definition) is 3. The number of likely N-dealkylation sites (tertiary alicyclic amines) is 1. The lowest BCUT2D eigenvalue weighted by Gasteiger charge is -2.43. The van der Waals surface area contributed by atoms with Crippen molar-refractivity contribution in [2.24, 2.45) is 20.2 Å². The van der Waals surface area contributed by atoms with Gasteiger partial charge in [-0.05, 0) is 60.8 Å². The number of rotatable bonds is 5. The van der Waals surface area contributed by atoms with E-state index in [0.717, 1.165) is 43.3 Å². The van der Waals surface area contributed by atoms with Crippen molar-refractivity contribution in [2.75, 3.05) is 38.7 Å². The van der Waals surface area contributed by atoms with E-state index in [9.17, 15) is 13.4 Å². The quantitative estimate of drug-likeness (QED) is 0.553. The Hall–Kier alpha value is -2.54. The Morgan fingerprint density at radius 3 is 2.40 bits per heavy atom. The molecule has 2 amide bonds. The number of ether oxygens (including phenoxy) is 2. The molecule has 2 atom stereocenters. The van der Waals surface area contributed by atoms with Crippen LogP contribution < -0.4 is 16.2 Å². The summed E-state index contributed by atoms with van der Waals surface area (Å²) in [7, 11) is -2.05. The molecule has 2 aliphatic heterocycles. The van der Waals surface area contributed by atoms with E-state index < -0.39 is 15.9 Å². The van der Waals surface area contributed by atoms with Gasteiger partial charge in [0.25, 0.3) is 0 Å². The molecule has 12 heteroatoms. The highest BCUT2D eigenvalue weighted by Gasteiger charge is 2.35. The fraction of sp³-hybridized carbons (Fsp3) is 0.565. The first-order chi connectivity index (χ1) is 16.8. The molecule has 0 radical (unpaired) electrons. The van der Waals surface area contributed by atoms with Crippen LogP contribution in [0.15, 0.2) is 20.5 Å². The summed E-state index contributed by atoms with van der Waals surface area (Å²) in [6.45, 7) is 2.34. The standard InChI is InChI=1S/C23H31FN6O4S/c1-33-14-10-30(11-14)13-9-27-22(34-12-13)19(8-25)35(26,32)29-23(31)28-21-17-6-2-4-15(17)20(24)16-5-3-7-18(16)21/h8,13-14H,2-7,9-12,25H2,1H3,(H3,26,28,29,31,32)/t13-,35?/m0/s1. The van der Waals surface area contributed by atoms with Gasteiger partial charge in [0.1, 0.15) is 17.3 Å². The highest BCUT2D eigenvalue weighted by Crippen LogP contribution is 2.41. The fourth-order valence-electron chi connectivity index (χ4n) is 5.38. The van der Waals surface area contributed by atoms with Crippen molar-refractivity contribution in [3.63, 3.8) is 0 Å². The SMILES string of the molecule is COC1CN([C@H]2CN=C(C(=CN)S(N)(=O)=NC(=O)Nc3c4c(c(F)c5c3CCC5)CCC4)OC2)C1. The third kappa shape index (κ3) is 4.44. The number of methoxy groups -OCH3 is 1. The number of nitrogens with zero attached hydrogens (tertiary/aromatic N) is 3. The highest BCUT2D eigenvalue weighted by molar-refractivity contribution is 7.96. The second-order valence-corrected chi connectivity index (χ2v) is 11.1. The number of carbonyl (C=O) groups is 1. The highest BCUT2D eigenvalue weighted by atomic mass is 32.2. The minimum Gasteiger partial charge on any atom is -0.475 e. The van der Waals surface area contributed by atoms with Crippen LogP contribution in [0.4, 0.5) is 14.9 Å². The number of anilines is 1. The zero-order valence-electron chi connectivity index (χ0n) is 19.7. The summed E-state index contributed by atoms with van der Waals surface area (Å²) in [5, 5.41) is 8.73. The summed E-state index contributed by atoms with van der Waals surface area (Å²) in [5.41, 5.74) is 9.23. The first-order valence-corrected chi connectivity index (χ1v) is 13.5. The molecule has 1 aromatic carbocycles. The third-order valence-electron chi connectivity index (χ3n) is 7.28. The molecular weight excluding hydrogens is 475 g/mol. The monoisotopic (exact) mass is 506 g/mol. The molecule has 0 saturated carbocycles. The lowest BCUT2D eigenvalue weighted by Crippen LogP contribution is -2.59. The van der Waals surface area contributed by atoms with Crippen molar-refractivity contribution in [3.8, 4) is 0 Å². The summed E-state index contributed by atoms with van der Waals surface area (Å²) in [4.78, 5) is 19.3. The van der Waals surface area contributed by atoms with Crippen molar-refractivity contribution >= 4 is 27.5 Å². The summed E-state index contributed by atoms with van der Waals surface area (Å²) < 4.78 is 42.9. The van der Waals surface area contributed by atoms with Crippen LogP contribution in [0, 0.1) is 5.82 Å². The molecule has 2 heterocycles. The van der Waals surface area contributed by atoms with Gasteiger partial charge in [-0.25, -0.2) is 23.5 Å². The number of halogens is 1. The van der Waals surface area contributed by atoms with Crippen LogP contribution in [0.5, 0.6) is 0 Å². The Morgan fingerprint density at radius 1 is 1.23 bits per heavy atom. The molecule has 10 nitrogen and oxygen atoms in total. The summed E-state index contributed by atoms with van der Waals surface area (Å²) in [6.07, 6.45) is 5.52. The molecule has 4 aliphatic rings. The largest absolute Gasteiger partial charge is 0.475 e. The summed E-state index contributed by atoms with van der Waals surface area (Å²) in [6, 6.07) is -0.798. The number of nitrogens with two attached hydrogens (primary N) is 2. The molecule has 35 heavy (non-hydrogen) atoms. The van der Waals surface area contributed by atoms with E-state index in [1.807, 2.05) is 0 Å². The Bertz CT molecular complexity index is 1200. The summed E-state index contributed by atoms with van der Waals surface area (Å²) in [5.74, 6) is -0.113. The first-order valence-electron chi connectivity index (χ1n) is 11.9. The maximum atomic E-state index is 14.9. The van der Waals surface area contributed by atoms with E-state index in [1.165, 1.54) is 0 Å². The lowest BCUT2D eigenvalue weighted by atomic mass is 9.98. The van der Waals surface area contributed by atoms with Crippen LogP contribution in [0.25, 0.3) is 0 Å². The van der Waals surface area contributed by atoms with E-state index in [2.05, 4.69) is 19.6 Å². The molecule has 1 fully saturated rings. The number of fused-ring (bicyclic) bond motifs is 2. The Kier molecular flexibility index (Phi) is 6.55. The van der Waals surface area contributed by atoms with Gasteiger partial charge >= 0.3 is 6.03 Å². The fourth-order valence-corrected chi connectivity index (χ4v) is 6.34. The van der Waals surface area contributed by atoms with Crippen LogP contribution in [-0.4, -0.2) is 66.5 Å². The van der Waals surface area contributed by atoms with E-state index in [4.69, 9.17) is 20.3 Å². The number of urea groups is 1. The molecule has 1 unspecified atom stereocenters. The van der Waals surface area contributed by atoms with E-state index in [1.54, 1.807) is 7.11 Å². The third-order valence-corrected chi connectivity index (χ3v) is 8.66. The molecular formula is C23H31FN6O4S. The molecule has 2 aliphatic carbocycles. The van der Waals surface area contributed by atoms with E-state index in [-0.39, 0.29) is 28.8 Å². The van der Waals surface area contributed by atoms with Crippen LogP contribution >= 0.6 is 0 Å². The molecule has 0 bridgehead atoms. The van der Waals surface area contributed by atoms with Gasteiger partial charge in [-0.3, -0.25) is 4.90 Å². The van der Waals surface area contributed by atoms with E-state index >= 15 is 0 Å². The van der Waals surface area contributed by atoms with Crippen LogP contribution in [-0.2, 0) is 45.1 Å². The van der Waals surface area contributed by atoms with Crippen molar-refractivity contribution in [1.29, 1.82) is 0 Å². The Morgan fingerprint density at radius 2 is 1.86 bits per heavy atom. The molecule has 5 rings (SSSR count). The molecule has 1 saturated heterocycles. The number of nitrogens with one attached hydrogen (secondary N) is 1. The zero-order valence-corrected chi connectivity index (χ0v) is 20.5. The second kappa shape index (κ2) is 9.49. The zero-order chi connectivity index (χ0) is 24.7. The minimum atomic E-state index is -3.73. The average molecular weight is 507 g/mol. The number of benzene rings is 1. The van der Waals surface area contributed by atoms with E-state index in [0.29, 0.717) is 55.6 Å².